The van der Waals surface area contributed by atoms with Crippen LogP contribution in [0.3, 0.4) is 0 Å². The summed E-state index contributed by atoms with van der Waals surface area (Å²) in [4.78, 5) is 73.3. The highest BCUT2D eigenvalue weighted by molar-refractivity contribution is 7.47. The number of hydrogen-bond acceptors (Lipinski definition) is 15. The van der Waals surface area contributed by atoms with Gasteiger partial charge in [-0.25, -0.2) is 9.13 Å². The molecule has 0 aliphatic heterocycles. The van der Waals surface area contributed by atoms with Gasteiger partial charge in [-0.2, -0.15) is 0 Å². The van der Waals surface area contributed by atoms with Crippen molar-refractivity contribution in [3.8, 4) is 0 Å². The second kappa shape index (κ2) is 82.4. The van der Waals surface area contributed by atoms with Crippen LogP contribution in [0.5, 0.6) is 0 Å². The summed E-state index contributed by atoms with van der Waals surface area (Å²) in [7, 11) is -9.98. The van der Waals surface area contributed by atoms with Crippen molar-refractivity contribution in [2.45, 2.75) is 393 Å². The predicted molar refractivity (Wildman–Crippen MR) is 455 cm³/mol. The van der Waals surface area contributed by atoms with E-state index in [1.165, 1.54) is 89.9 Å². The molecule has 0 aromatic carbocycles. The Hall–Kier alpha value is -4.54. The number of esters is 4. The minimum atomic E-state index is -4.99. The van der Waals surface area contributed by atoms with Gasteiger partial charge in [-0.15, -0.1) is 0 Å². The normalized spacial score (nSPS) is 14.4. The molecule has 0 aromatic rings. The Balaban J connectivity index is 5.38. The number of carbonyl (C=O) groups excluding carboxylic acids is 4. The fourth-order valence-corrected chi connectivity index (χ4v) is 13.3. The van der Waals surface area contributed by atoms with Crippen molar-refractivity contribution in [3.63, 3.8) is 0 Å². The van der Waals surface area contributed by atoms with Gasteiger partial charge in [0, 0.05) is 25.7 Å². The van der Waals surface area contributed by atoms with Gasteiger partial charge in [-0.05, 0) is 141 Å². The average molecular weight is 1590 g/mol. The van der Waals surface area contributed by atoms with Crippen molar-refractivity contribution in [1.82, 2.24) is 0 Å². The first-order valence-electron chi connectivity index (χ1n) is 43.8. The number of hydrogen-bond donors (Lipinski definition) is 3. The number of aliphatic hydroxyl groups is 1. The maximum absolute atomic E-state index is 13.2. The molecule has 3 N–H and O–H groups in total. The number of allylic oxidation sites excluding steroid dienone is 20. The Kier molecular flexibility index (Phi) is 79.0. The molecule has 0 amide bonds. The van der Waals surface area contributed by atoms with Gasteiger partial charge in [0.05, 0.1) is 26.4 Å². The van der Waals surface area contributed by atoms with E-state index in [0.717, 1.165) is 205 Å². The highest BCUT2D eigenvalue weighted by atomic mass is 31.2. The Bertz CT molecular complexity index is 2550. The number of carbonyl (C=O) groups is 4. The third-order valence-corrected chi connectivity index (χ3v) is 20.3. The van der Waals surface area contributed by atoms with E-state index < -0.39 is 97.5 Å². The molecular formula is C91H158O17P2. The molecule has 0 saturated heterocycles. The Morgan fingerprint density at radius 1 is 0.264 bits per heavy atom. The first kappa shape index (κ1) is 105. The lowest BCUT2D eigenvalue weighted by molar-refractivity contribution is -0.161. The molecule has 0 spiro atoms. The molecule has 0 saturated carbocycles. The van der Waals surface area contributed by atoms with Gasteiger partial charge in [-0.3, -0.25) is 37.3 Å². The summed E-state index contributed by atoms with van der Waals surface area (Å²) in [5.41, 5.74) is 0. The molecule has 0 radical (unpaired) electrons. The van der Waals surface area contributed by atoms with Crippen LogP contribution in [-0.2, 0) is 65.4 Å². The van der Waals surface area contributed by atoms with Gasteiger partial charge in [-0.1, -0.05) is 329 Å². The molecule has 0 aliphatic rings. The van der Waals surface area contributed by atoms with Crippen molar-refractivity contribution in [2.75, 3.05) is 39.6 Å². The van der Waals surface area contributed by atoms with E-state index in [9.17, 15) is 43.2 Å². The van der Waals surface area contributed by atoms with E-state index in [4.69, 9.17) is 37.0 Å². The van der Waals surface area contributed by atoms with Crippen LogP contribution < -0.4 is 0 Å². The Morgan fingerprint density at radius 3 is 0.745 bits per heavy atom. The molecule has 0 bridgehead atoms. The summed E-state index contributed by atoms with van der Waals surface area (Å²) in [5.74, 6) is -2.20. The quantitative estimate of drug-likeness (QED) is 0.0169. The standard InChI is InChI=1S/C91H158O17P2/c1-5-9-13-17-21-25-29-33-36-39-42-45-48-52-55-59-63-67-71-75-88(93)101-81-86(107-90(95)77-73-69-65-61-57-51-32-28-24-20-16-12-8-4)83-105-109(97,98)103-79-85(92)80-104-110(99,100)106-84-87(108-91(96)78-74-70-66-62-58-54-50-47-44-41-38-35-31-27-23-19-15-11-7-3)82-102-89(94)76-72-68-64-60-56-53-49-46-43-40-37-34-30-26-22-18-14-10-6-2/h10,14,21-23,25-27,33-38,42-47,85-87,92H,5-9,11-13,15-20,24,28-32,39-41,48-84H2,1-4H3,(H,97,98)(H,99,100)/b14-10-,25-21-,26-22-,27-23-,36-33-,37-34-,38-35-,45-42-,46-43-,47-44-. The number of phosphoric ester groups is 2. The van der Waals surface area contributed by atoms with Crippen LogP contribution in [0, 0.1) is 0 Å². The molecule has 17 nitrogen and oxygen atoms in total. The van der Waals surface area contributed by atoms with Gasteiger partial charge >= 0.3 is 39.5 Å². The third-order valence-electron chi connectivity index (χ3n) is 18.4. The number of phosphoric acid groups is 2. The summed E-state index contributed by atoms with van der Waals surface area (Å²) in [6.45, 7) is 4.73. The lowest BCUT2D eigenvalue weighted by Crippen LogP contribution is -2.30. The molecule has 0 rings (SSSR count). The zero-order valence-electron chi connectivity index (χ0n) is 69.7. The lowest BCUT2D eigenvalue weighted by Gasteiger charge is -2.21. The van der Waals surface area contributed by atoms with Gasteiger partial charge in [0.15, 0.2) is 12.2 Å². The number of ether oxygens (including phenoxy) is 4. The summed E-state index contributed by atoms with van der Waals surface area (Å²) >= 11 is 0. The van der Waals surface area contributed by atoms with Crippen LogP contribution in [0.15, 0.2) is 122 Å². The molecule has 19 heteroatoms. The summed E-state index contributed by atoms with van der Waals surface area (Å²) in [5, 5.41) is 10.7. The second-order valence-corrected chi connectivity index (χ2v) is 32.0. The zero-order chi connectivity index (χ0) is 80.3. The summed E-state index contributed by atoms with van der Waals surface area (Å²) in [6.07, 6.45) is 92.9. The fraction of sp³-hybridized carbons (Fsp3) is 0.736. The molecule has 634 valence electrons. The van der Waals surface area contributed by atoms with Gasteiger partial charge < -0.3 is 33.8 Å². The Morgan fingerprint density at radius 2 is 0.473 bits per heavy atom. The third kappa shape index (κ3) is 81.5. The molecular weight excluding hydrogens is 1430 g/mol. The van der Waals surface area contributed by atoms with E-state index >= 15 is 0 Å². The fourth-order valence-electron chi connectivity index (χ4n) is 11.8. The van der Waals surface area contributed by atoms with E-state index in [1.54, 1.807) is 0 Å². The van der Waals surface area contributed by atoms with Crippen molar-refractivity contribution >= 4 is 39.5 Å². The topological polar surface area (TPSA) is 237 Å². The van der Waals surface area contributed by atoms with Gasteiger partial charge in [0.1, 0.15) is 19.3 Å². The van der Waals surface area contributed by atoms with E-state index in [-0.39, 0.29) is 25.7 Å². The molecule has 0 fully saturated rings. The van der Waals surface area contributed by atoms with Gasteiger partial charge in [0.2, 0.25) is 0 Å². The first-order valence-corrected chi connectivity index (χ1v) is 46.8. The van der Waals surface area contributed by atoms with Crippen molar-refractivity contribution in [1.29, 1.82) is 0 Å². The molecule has 110 heavy (non-hydrogen) atoms. The number of rotatable bonds is 82. The molecule has 0 aromatic heterocycles. The second-order valence-electron chi connectivity index (χ2n) is 29.1. The monoisotopic (exact) mass is 1590 g/mol. The average Bonchev–Trinajstić information content (AvgIpc) is 0.900. The molecule has 5 unspecified atom stereocenters. The van der Waals surface area contributed by atoms with E-state index in [2.05, 4.69) is 149 Å². The largest absolute Gasteiger partial charge is 0.472 e. The van der Waals surface area contributed by atoms with Crippen LogP contribution in [-0.4, -0.2) is 96.7 Å². The minimum Gasteiger partial charge on any atom is -0.462 e. The van der Waals surface area contributed by atoms with Crippen LogP contribution in [0.2, 0.25) is 0 Å². The highest BCUT2D eigenvalue weighted by Crippen LogP contribution is 2.45. The SMILES string of the molecule is CC/C=C\C/C=C\C/C=C\C/C=C\CCCCCCCCC(=O)OCC(COP(=O)(O)OCC(O)COP(=O)(O)OCC(COC(=O)CCCCCCCC/C=C\C/C=C\C/C=C\CCCCC)OC(=O)CCCCCCCCCCCCCCC)OC(=O)CCCCCCCC/C=C\C/C=C\C/C=C\CCCCC. The van der Waals surface area contributed by atoms with Crippen LogP contribution >= 0.6 is 15.6 Å². The zero-order valence-corrected chi connectivity index (χ0v) is 71.4. The van der Waals surface area contributed by atoms with Crippen LogP contribution in [0.4, 0.5) is 0 Å². The van der Waals surface area contributed by atoms with Crippen molar-refractivity contribution in [2.24, 2.45) is 0 Å². The molecule has 5 atom stereocenters. The lowest BCUT2D eigenvalue weighted by atomic mass is 10.0. The van der Waals surface area contributed by atoms with Crippen LogP contribution in [0.25, 0.3) is 0 Å². The molecule has 0 aliphatic carbocycles. The van der Waals surface area contributed by atoms with Gasteiger partial charge in [0.25, 0.3) is 0 Å². The molecule has 0 heterocycles. The van der Waals surface area contributed by atoms with Crippen molar-refractivity contribution < 1.29 is 80.2 Å². The highest BCUT2D eigenvalue weighted by Gasteiger charge is 2.30. The van der Waals surface area contributed by atoms with E-state index in [0.29, 0.717) is 25.7 Å². The predicted octanol–water partition coefficient (Wildman–Crippen LogP) is 26.2. The van der Waals surface area contributed by atoms with Crippen LogP contribution in [0.1, 0.15) is 374 Å². The minimum absolute atomic E-state index is 0.0755. The number of aliphatic hydroxyl groups excluding tert-OH is 1. The smallest absolute Gasteiger partial charge is 0.462 e. The maximum atomic E-state index is 13.2. The first-order chi connectivity index (χ1) is 53.7. The maximum Gasteiger partial charge on any atom is 0.472 e. The van der Waals surface area contributed by atoms with E-state index in [1.807, 2.05) is 0 Å². The number of unbranched alkanes of at least 4 members (excludes halogenated alkanes) is 36. The summed E-state index contributed by atoms with van der Waals surface area (Å²) < 4.78 is 68.9. The van der Waals surface area contributed by atoms with Crippen molar-refractivity contribution in [3.05, 3.63) is 122 Å². The summed E-state index contributed by atoms with van der Waals surface area (Å²) in [6, 6.07) is 0. The Labute approximate surface area is 670 Å².